The number of nitrogens with two attached hydrogens (primary N) is 1. The standard InChI is InChI=1S/C18H21Cl2F3N2O5/c1-17(14(24)9-6-10(19)11(20)7-12(9)27)2-4-25(5-3-17)15(28)13(8-26)30-16(29)18(21,22)23/h6-7,13-14,26-27H,2-5,8,24H2,1H3/t13-,14?/m1/s1. The molecule has 12 heteroatoms. The van der Waals surface area contributed by atoms with Gasteiger partial charge in [-0.25, -0.2) is 4.79 Å². The number of aliphatic hydroxyl groups excluding tert-OH is 1. The number of carbonyl (C=O) groups excluding carboxylic acids is 2. The second kappa shape index (κ2) is 9.17. The normalized spacial score (nSPS) is 18.6. The number of halogens is 5. The lowest BCUT2D eigenvalue weighted by molar-refractivity contribution is -0.208. The molecule has 1 fully saturated rings. The number of hydrogen-bond donors (Lipinski definition) is 3. The molecule has 1 saturated heterocycles. The second-order valence-corrected chi connectivity index (χ2v) is 8.17. The van der Waals surface area contributed by atoms with Gasteiger partial charge >= 0.3 is 12.1 Å². The third-order valence-corrected chi connectivity index (χ3v) is 6.02. The number of likely N-dealkylation sites (tertiary alicyclic amines) is 1. The van der Waals surface area contributed by atoms with E-state index in [1.54, 1.807) is 0 Å². The van der Waals surface area contributed by atoms with E-state index < -0.39 is 42.2 Å². The van der Waals surface area contributed by atoms with Crippen LogP contribution in [0.2, 0.25) is 10.0 Å². The Labute approximate surface area is 180 Å². The Morgan fingerprint density at radius 3 is 2.30 bits per heavy atom. The first-order valence-electron chi connectivity index (χ1n) is 8.91. The average molecular weight is 473 g/mol. The number of phenolic OH excluding ortho intramolecular Hbond substituents is 1. The van der Waals surface area contributed by atoms with Gasteiger partial charge in [0.05, 0.1) is 16.7 Å². The number of hydrogen-bond acceptors (Lipinski definition) is 6. The Morgan fingerprint density at radius 1 is 1.27 bits per heavy atom. The lowest BCUT2D eigenvalue weighted by Gasteiger charge is -2.43. The van der Waals surface area contributed by atoms with Gasteiger partial charge in [0.1, 0.15) is 5.75 Å². The number of benzene rings is 1. The number of phenols is 1. The molecule has 0 bridgehead atoms. The largest absolute Gasteiger partial charge is 0.508 e. The zero-order chi connectivity index (χ0) is 22.9. The minimum atomic E-state index is -5.28. The summed E-state index contributed by atoms with van der Waals surface area (Å²) in [5, 5.41) is 19.7. The first-order chi connectivity index (χ1) is 13.8. The number of aliphatic hydroxyl groups is 1. The van der Waals surface area contributed by atoms with Crippen LogP contribution in [-0.4, -0.2) is 59.0 Å². The minimum absolute atomic E-state index is 0.102. The third kappa shape index (κ3) is 5.29. The van der Waals surface area contributed by atoms with Gasteiger partial charge in [-0.1, -0.05) is 30.1 Å². The van der Waals surface area contributed by atoms with Crippen LogP contribution in [0.1, 0.15) is 31.4 Å². The number of piperidine rings is 1. The summed E-state index contributed by atoms with van der Waals surface area (Å²) in [5.41, 5.74) is 6.14. The summed E-state index contributed by atoms with van der Waals surface area (Å²) in [6.07, 6.45) is -6.55. The van der Waals surface area contributed by atoms with Crippen LogP contribution in [0.15, 0.2) is 12.1 Å². The highest BCUT2D eigenvalue weighted by atomic mass is 35.5. The van der Waals surface area contributed by atoms with Crippen molar-refractivity contribution < 1.29 is 37.7 Å². The fourth-order valence-corrected chi connectivity index (χ4v) is 3.62. The summed E-state index contributed by atoms with van der Waals surface area (Å²) in [6, 6.07) is 2.08. The average Bonchev–Trinajstić information content (AvgIpc) is 2.67. The van der Waals surface area contributed by atoms with E-state index in [4.69, 9.17) is 28.9 Å². The number of nitrogens with zero attached hydrogens (tertiary/aromatic N) is 1. The van der Waals surface area contributed by atoms with E-state index in [1.165, 1.54) is 17.0 Å². The number of esters is 1. The summed E-state index contributed by atoms with van der Waals surface area (Å²) in [6.45, 7) is 0.968. The highest BCUT2D eigenvalue weighted by Crippen LogP contribution is 2.45. The Balaban J connectivity index is 2.08. The van der Waals surface area contributed by atoms with Crippen LogP contribution in [0.3, 0.4) is 0 Å². The lowest BCUT2D eigenvalue weighted by atomic mass is 9.72. The van der Waals surface area contributed by atoms with Crippen LogP contribution in [-0.2, 0) is 14.3 Å². The van der Waals surface area contributed by atoms with Gasteiger partial charge in [-0.2, -0.15) is 13.2 Å². The first-order valence-corrected chi connectivity index (χ1v) is 9.66. The molecule has 0 saturated carbocycles. The van der Waals surface area contributed by atoms with Crippen molar-refractivity contribution in [3.63, 3.8) is 0 Å². The summed E-state index contributed by atoms with van der Waals surface area (Å²) >= 11 is 11.9. The molecule has 30 heavy (non-hydrogen) atoms. The summed E-state index contributed by atoms with van der Waals surface area (Å²) in [4.78, 5) is 24.6. The predicted molar refractivity (Wildman–Crippen MR) is 102 cm³/mol. The molecule has 1 aliphatic rings. The van der Waals surface area contributed by atoms with Crippen LogP contribution in [0.5, 0.6) is 5.75 Å². The molecule has 1 heterocycles. The number of aromatic hydroxyl groups is 1. The number of ether oxygens (including phenoxy) is 1. The molecule has 1 aromatic rings. The molecule has 1 aliphatic heterocycles. The molecule has 7 nitrogen and oxygen atoms in total. The van der Waals surface area contributed by atoms with Gasteiger partial charge in [0.25, 0.3) is 5.91 Å². The van der Waals surface area contributed by atoms with Crippen molar-refractivity contribution >= 4 is 35.1 Å². The highest BCUT2D eigenvalue weighted by Gasteiger charge is 2.45. The van der Waals surface area contributed by atoms with Crippen molar-refractivity contribution in [3.8, 4) is 5.75 Å². The van der Waals surface area contributed by atoms with Crippen molar-refractivity contribution in [2.24, 2.45) is 11.1 Å². The molecule has 2 atom stereocenters. The molecular weight excluding hydrogens is 452 g/mol. The van der Waals surface area contributed by atoms with E-state index in [1.807, 2.05) is 6.92 Å². The van der Waals surface area contributed by atoms with Crippen molar-refractivity contribution in [2.45, 2.75) is 38.1 Å². The van der Waals surface area contributed by atoms with Crippen molar-refractivity contribution in [1.29, 1.82) is 0 Å². The molecule has 1 aromatic carbocycles. The van der Waals surface area contributed by atoms with Crippen molar-refractivity contribution in [1.82, 2.24) is 4.90 Å². The van der Waals surface area contributed by atoms with Gasteiger partial charge in [-0.3, -0.25) is 4.79 Å². The van der Waals surface area contributed by atoms with Crippen LogP contribution >= 0.6 is 23.2 Å². The molecule has 2 rings (SSSR count). The number of alkyl halides is 3. The van der Waals surface area contributed by atoms with Crippen molar-refractivity contribution in [3.05, 3.63) is 27.7 Å². The quantitative estimate of drug-likeness (QED) is 0.567. The molecule has 0 radical (unpaired) electrons. The van der Waals surface area contributed by atoms with Gasteiger partial charge in [-0.05, 0) is 24.3 Å². The molecular formula is C18H21Cl2F3N2O5. The maximum Gasteiger partial charge on any atom is 0.490 e. The Hall–Kier alpha value is -1.75. The monoisotopic (exact) mass is 472 g/mol. The number of carbonyl (C=O) groups is 2. The summed E-state index contributed by atoms with van der Waals surface area (Å²) < 4.78 is 41.2. The van der Waals surface area contributed by atoms with Gasteiger partial charge < -0.3 is 25.6 Å². The SMILES string of the molecule is CC1(C(N)c2cc(Cl)c(Cl)cc2O)CCN(C(=O)[C@@H](CO)OC(=O)C(F)(F)F)CC1. The molecule has 0 aromatic heterocycles. The molecule has 1 amide bonds. The van der Waals surface area contributed by atoms with Crippen LogP contribution in [0.25, 0.3) is 0 Å². The molecule has 0 aliphatic carbocycles. The van der Waals surface area contributed by atoms with E-state index in [-0.39, 0.29) is 28.9 Å². The maximum absolute atomic E-state index is 12.4. The first kappa shape index (κ1) is 24.5. The summed E-state index contributed by atoms with van der Waals surface area (Å²) in [7, 11) is 0. The van der Waals surface area contributed by atoms with Crippen LogP contribution in [0.4, 0.5) is 13.2 Å². The summed E-state index contributed by atoms with van der Waals surface area (Å²) in [5.74, 6) is -3.60. The minimum Gasteiger partial charge on any atom is -0.508 e. The van der Waals surface area contributed by atoms with Gasteiger partial charge in [0, 0.05) is 30.8 Å². The number of rotatable bonds is 5. The Bertz CT molecular complexity index is 814. The van der Waals surface area contributed by atoms with E-state index in [9.17, 15) is 33.0 Å². The van der Waals surface area contributed by atoms with Crippen molar-refractivity contribution in [2.75, 3.05) is 19.7 Å². The van der Waals surface area contributed by atoms with E-state index in [2.05, 4.69) is 4.74 Å². The number of amides is 1. The zero-order valence-corrected chi connectivity index (χ0v) is 17.4. The lowest BCUT2D eigenvalue weighted by Crippen LogP contribution is -2.51. The Morgan fingerprint density at radius 2 is 1.80 bits per heavy atom. The zero-order valence-electron chi connectivity index (χ0n) is 15.9. The van der Waals surface area contributed by atoms with Gasteiger partial charge in [-0.15, -0.1) is 0 Å². The maximum atomic E-state index is 12.4. The van der Waals surface area contributed by atoms with Crippen LogP contribution < -0.4 is 5.73 Å². The van der Waals surface area contributed by atoms with E-state index in [0.29, 0.717) is 18.4 Å². The fraction of sp³-hybridized carbons (Fsp3) is 0.556. The Kier molecular flexibility index (Phi) is 7.49. The van der Waals surface area contributed by atoms with Gasteiger partial charge in [0.2, 0.25) is 6.10 Å². The fourth-order valence-electron chi connectivity index (χ4n) is 3.29. The molecule has 4 N–H and O–H groups in total. The van der Waals surface area contributed by atoms with E-state index >= 15 is 0 Å². The van der Waals surface area contributed by atoms with E-state index in [0.717, 1.165) is 0 Å². The highest BCUT2D eigenvalue weighted by molar-refractivity contribution is 6.42. The third-order valence-electron chi connectivity index (χ3n) is 5.29. The molecule has 0 spiro atoms. The smallest absolute Gasteiger partial charge is 0.490 e. The topological polar surface area (TPSA) is 113 Å². The second-order valence-electron chi connectivity index (χ2n) is 7.36. The van der Waals surface area contributed by atoms with Crippen LogP contribution in [0, 0.1) is 5.41 Å². The molecule has 168 valence electrons. The van der Waals surface area contributed by atoms with Gasteiger partial charge in [0.15, 0.2) is 0 Å². The predicted octanol–water partition coefficient (Wildman–Crippen LogP) is 2.79. The molecule has 1 unspecified atom stereocenters.